The monoisotopic (exact) mass is 343 g/mol. The van der Waals surface area contributed by atoms with E-state index >= 15 is 0 Å². The molecular weight excluding hydrogens is 330 g/mol. The Morgan fingerprint density at radius 2 is 2.00 bits per heavy atom. The van der Waals surface area contributed by atoms with Crippen LogP contribution < -0.4 is 10.9 Å². The lowest BCUT2D eigenvalue weighted by Gasteiger charge is -2.06. The summed E-state index contributed by atoms with van der Waals surface area (Å²) in [6.07, 6.45) is 1.73. The molecule has 21 heavy (non-hydrogen) atoms. The number of nitrogens with one attached hydrogen (secondary N) is 1. The number of fused-ring (bicyclic) bond motifs is 1. The number of pyridine rings is 1. The molecule has 4 nitrogen and oxygen atoms in total. The van der Waals surface area contributed by atoms with Crippen molar-refractivity contribution >= 4 is 21.6 Å². The molecule has 0 saturated heterocycles. The first-order chi connectivity index (χ1) is 10.2. The van der Waals surface area contributed by atoms with Crippen molar-refractivity contribution in [1.82, 2.24) is 14.7 Å². The molecule has 106 valence electrons. The predicted molar refractivity (Wildman–Crippen MR) is 86.1 cm³/mol. The van der Waals surface area contributed by atoms with E-state index in [0.29, 0.717) is 12.2 Å². The largest absolute Gasteiger partial charge is 0.307 e. The zero-order valence-corrected chi connectivity index (χ0v) is 12.9. The summed E-state index contributed by atoms with van der Waals surface area (Å²) in [5, 5.41) is 3.31. The van der Waals surface area contributed by atoms with Gasteiger partial charge >= 0.3 is 0 Å². The van der Waals surface area contributed by atoms with Gasteiger partial charge in [-0.2, -0.15) is 0 Å². The first-order valence-corrected chi connectivity index (χ1v) is 7.44. The van der Waals surface area contributed by atoms with Gasteiger partial charge in [0.25, 0.3) is 5.56 Å². The van der Waals surface area contributed by atoms with Gasteiger partial charge < -0.3 is 5.32 Å². The van der Waals surface area contributed by atoms with Crippen LogP contribution in [0, 0.1) is 0 Å². The van der Waals surface area contributed by atoms with E-state index in [1.165, 1.54) is 9.96 Å². The van der Waals surface area contributed by atoms with E-state index in [1.807, 2.05) is 30.3 Å². The SMILES string of the molecule is O=c1cc(CNCc2cccc(Br)c2)nc2ccccn12. The van der Waals surface area contributed by atoms with Gasteiger partial charge in [-0.3, -0.25) is 9.20 Å². The number of hydrogen-bond donors (Lipinski definition) is 1. The molecule has 0 amide bonds. The maximum absolute atomic E-state index is 12.0. The number of nitrogens with zero attached hydrogens (tertiary/aromatic N) is 2. The summed E-state index contributed by atoms with van der Waals surface area (Å²) in [7, 11) is 0. The summed E-state index contributed by atoms with van der Waals surface area (Å²) in [6.45, 7) is 1.29. The van der Waals surface area contributed by atoms with Crippen molar-refractivity contribution in [2.45, 2.75) is 13.1 Å². The van der Waals surface area contributed by atoms with Gasteiger partial charge in [0.05, 0.1) is 5.69 Å². The fourth-order valence-corrected chi connectivity index (χ4v) is 2.62. The van der Waals surface area contributed by atoms with Gasteiger partial charge in [-0.05, 0) is 29.8 Å². The Labute approximate surface area is 130 Å². The molecule has 0 radical (unpaired) electrons. The number of halogens is 1. The molecule has 0 spiro atoms. The molecule has 0 saturated carbocycles. The Bertz CT molecular complexity index is 829. The predicted octanol–water partition coefficient (Wildman–Crippen LogP) is 2.75. The molecule has 5 heteroatoms. The van der Waals surface area contributed by atoms with Crippen LogP contribution in [-0.4, -0.2) is 9.38 Å². The quantitative estimate of drug-likeness (QED) is 0.792. The van der Waals surface area contributed by atoms with E-state index in [1.54, 1.807) is 12.3 Å². The highest BCUT2D eigenvalue weighted by molar-refractivity contribution is 9.10. The lowest BCUT2D eigenvalue weighted by molar-refractivity contribution is 0.678. The van der Waals surface area contributed by atoms with Gasteiger partial charge in [-0.1, -0.05) is 34.1 Å². The minimum absolute atomic E-state index is 0.0557. The van der Waals surface area contributed by atoms with Gasteiger partial charge in [-0.25, -0.2) is 4.98 Å². The van der Waals surface area contributed by atoms with Crippen LogP contribution in [0.25, 0.3) is 5.65 Å². The normalized spacial score (nSPS) is 10.9. The number of hydrogen-bond acceptors (Lipinski definition) is 3. The second kappa shape index (κ2) is 6.20. The summed E-state index contributed by atoms with van der Waals surface area (Å²) in [4.78, 5) is 16.4. The van der Waals surface area contributed by atoms with E-state index in [0.717, 1.165) is 16.7 Å². The molecule has 3 aromatic rings. The molecule has 2 heterocycles. The Morgan fingerprint density at radius 3 is 2.86 bits per heavy atom. The fourth-order valence-electron chi connectivity index (χ4n) is 2.18. The van der Waals surface area contributed by atoms with Crippen LogP contribution in [0.2, 0.25) is 0 Å². The van der Waals surface area contributed by atoms with Crippen molar-refractivity contribution in [1.29, 1.82) is 0 Å². The highest BCUT2D eigenvalue weighted by Gasteiger charge is 2.01. The average Bonchev–Trinajstić information content (AvgIpc) is 2.47. The summed E-state index contributed by atoms with van der Waals surface area (Å²) in [5.41, 5.74) is 2.55. The van der Waals surface area contributed by atoms with Crippen molar-refractivity contribution in [2.75, 3.05) is 0 Å². The minimum atomic E-state index is -0.0557. The molecule has 1 aromatic carbocycles. The zero-order valence-electron chi connectivity index (χ0n) is 11.3. The molecule has 0 unspecified atom stereocenters. The summed E-state index contributed by atoms with van der Waals surface area (Å²) in [5.74, 6) is 0. The Balaban J connectivity index is 1.72. The third-order valence-corrected chi connectivity index (χ3v) is 3.64. The summed E-state index contributed by atoms with van der Waals surface area (Å²) < 4.78 is 2.60. The van der Waals surface area contributed by atoms with Crippen molar-refractivity contribution in [3.05, 3.63) is 80.8 Å². The number of benzene rings is 1. The van der Waals surface area contributed by atoms with E-state index in [2.05, 4.69) is 38.4 Å². The van der Waals surface area contributed by atoms with Crippen molar-refractivity contribution in [3.8, 4) is 0 Å². The maximum Gasteiger partial charge on any atom is 0.258 e. The van der Waals surface area contributed by atoms with Crippen LogP contribution in [0.5, 0.6) is 0 Å². The highest BCUT2D eigenvalue weighted by atomic mass is 79.9. The van der Waals surface area contributed by atoms with Crippen molar-refractivity contribution in [3.63, 3.8) is 0 Å². The fraction of sp³-hybridized carbons (Fsp3) is 0.125. The van der Waals surface area contributed by atoms with Crippen LogP contribution in [0.4, 0.5) is 0 Å². The second-order valence-corrected chi connectivity index (χ2v) is 5.66. The molecule has 1 N–H and O–H groups in total. The molecular formula is C16H14BrN3O. The lowest BCUT2D eigenvalue weighted by atomic mass is 10.2. The Kier molecular flexibility index (Phi) is 4.13. The molecule has 0 fully saturated rings. The van der Waals surface area contributed by atoms with Gasteiger partial charge in [-0.15, -0.1) is 0 Å². The second-order valence-electron chi connectivity index (χ2n) is 4.75. The van der Waals surface area contributed by atoms with Crippen molar-refractivity contribution < 1.29 is 0 Å². The topological polar surface area (TPSA) is 46.4 Å². The van der Waals surface area contributed by atoms with Gasteiger partial charge in [0.15, 0.2) is 0 Å². The third kappa shape index (κ3) is 3.37. The summed E-state index contributed by atoms with van der Waals surface area (Å²) >= 11 is 3.45. The van der Waals surface area contributed by atoms with Crippen LogP contribution >= 0.6 is 15.9 Å². The first-order valence-electron chi connectivity index (χ1n) is 6.65. The van der Waals surface area contributed by atoms with Crippen LogP contribution in [0.3, 0.4) is 0 Å². The minimum Gasteiger partial charge on any atom is -0.307 e. The van der Waals surface area contributed by atoms with E-state index < -0.39 is 0 Å². The molecule has 0 atom stereocenters. The van der Waals surface area contributed by atoms with Crippen molar-refractivity contribution in [2.24, 2.45) is 0 Å². The molecule has 0 bridgehead atoms. The number of aromatic nitrogens is 2. The Hall–Kier alpha value is -1.98. The van der Waals surface area contributed by atoms with E-state index in [4.69, 9.17) is 0 Å². The molecule has 3 rings (SSSR count). The van der Waals surface area contributed by atoms with Crippen LogP contribution in [-0.2, 0) is 13.1 Å². The first kappa shape index (κ1) is 14.0. The average molecular weight is 344 g/mol. The van der Waals surface area contributed by atoms with Crippen LogP contribution in [0.15, 0.2) is 64.0 Å². The molecule has 0 aliphatic rings. The summed E-state index contributed by atoms with van der Waals surface area (Å²) in [6, 6.07) is 15.2. The number of rotatable bonds is 4. The zero-order chi connectivity index (χ0) is 14.7. The van der Waals surface area contributed by atoms with Crippen LogP contribution in [0.1, 0.15) is 11.3 Å². The van der Waals surface area contributed by atoms with E-state index in [-0.39, 0.29) is 5.56 Å². The third-order valence-electron chi connectivity index (χ3n) is 3.15. The molecule has 0 aliphatic heterocycles. The molecule has 0 aliphatic carbocycles. The van der Waals surface area contributed by atoms with Gasteiger partial charge in [0.1, 0.15) is 5.65 Å². The highest BCUT2D eigenvalue weighted by Crippen LogP contribution is 2.11. The van der Waals surface area contributed by atoms with Gasteiger partial charge in [0.2, 0.25) is 0 Å². The Morgan fingerprint density at radius 1 is 1.10 bits per heavy atom. The molecule has 2 aromatic heterocycles. The smallest absolute Gasteiger partial charge is 0.258 e. The van der Waals surface area contributed by atoms with E-state index in [9.17, 15) is 4.79 Å². The lowest BCUT2D eigenvalue weighted by Crippen LogP contribution is -2.19. The van der Waals surface area contributed by atoms with Gasteiger partial charge in [0, 0.05) is 29.8 Å². The standard InChI is InChI=1S/C16H14BrN3O/c17-13-5-3-4-12(8-13)10-18-11-14-9-16(21)20-7-2-1-6-15(20)19-14/h1-9,18H,10-11H2. The maximum atomic E-state index is 12.0.